The van der Waals surface area contributed by atoms with Crippen LogP contribution in [0.3, 0.4) is 0 Å². The van der Waals surface area contributed by atoms with Gasteiger partial charge in [-0.1, -0.05) is 12.1 Å². The second-order valence-electron chi connectivity index (χ2n) is 7.68. The number of benzene rings is 1. The maximum atomic E-state index is 13.4. The van der Waals surface area contributed by atoms with E-state index in [0.717, 1.165) is 24.4 Å². The summed E-state index contributed by atoms with van der Waals surface area (Å²) < 4.78 is 11.2. The lowest BCUT2D eigenvalue weighted by Gasteiger charge is -2.34. The van der Waals surface area contributed by atoms with Gasteiger partial charge in [0.05, 0.1) is 12.0 Å². The van der Waals surface area contributed by atoms with Crippen molar-refractivity contribution < 1.29 is 13.6 Å². The topological polar surface area (TPSA) is 86.5 Å². The first-order valence-electron chi connectivity index (χ1n) is 10.5. The van der Waals surface area contributed by atoms with Crippen molar-refractivity contribution in [3.63, 3.8) is 0 Å². The van der Waals surface area contributed by atoms with Crippen molar-refractivity contribution >= 4 is 29.2 Å². The quantitative estimate of drug-likeness (QED) is 0.597. The van der Waals surface area contributed by atoms with Crippen molar-refractivity contribution in [2.45, 2.75) is 24.2 Å². The van der Waals surface area contributed by atoms with Gasteiger partial charge in [0.1, 0.15) is 6.07 Å². The van der Waals surface area contributed by atoms with Gasteiger partial charge in [-0.25, -0.2) is 0 Å². The summed E-state index contributed by atoms with van der Waals surface area (Å²) in [5, 5.41) is 9.50. The highest BCUT2D eigenvalue weighted by Gasteiger charge is 2.33. The molecule has 2 aliphatic rings. The number of furan rings is 1. The third-order valence-electron chi connectivity index (χ3n) is 5.78. The van der Waals surface area contributed by atoms with Crippen LogP contribution in [-0.4, -0.2) is 36.3 Å². The zero-order valence-electron chi connectivity index (χ0n) is 17.0. The fourth-order valence-corrected chi connectivity index (χ4v) is 5.21. The molecule has 0 atom stereocenters. The van der Waals surface area contributed by atoms with Crippen molar-refractivity contribution in [2.75, 3.05) is 35.2 Å². The Morgan fingerprint density at radius 2 is 2.00 bits per heavy atom. The van der Waals surface area contributed by atoms with Crippen LogP contribution in [0.15, 0.2) is 56.4 Å². The van der Waals surface area contributed by atoms with E-state index >= 15 is 0 Å². The number of fused-ring (bicyclic) bond motifs is 1. The number of oxazole rings is 1. The van der Waals surface area contributed by atoms with E-state index in [1.165, 1.54) is 4.90 Å². The third kappa shape index (κ3) is 3.81. The summed E-state index contributed by atoms with van der Waals surface area (Å²) in [5.74, 6) is 2.43. The Hall–Kier alpha value is -3.18. The number of para-hydroxylation sites is 1. The number of carbonyl (C=O) groups is 1. The monoisotopic (exact) mass is 434 g/mol. The van der Waals surface area contributed by atoms with Crippen molar-refractivity contribution in [2.24, 2.45) is 5.92 Å². The molecule has 2 aromatic heterocycles. The molecule has 0 unspecified atom stereocenters. The van der Waals surface area contributed by atoms with Crippen LogP contribution in [0.5, 0.6) is 0 Å². The van der Waals surface area contributed by atoms with E-state index in [1.807, 2.05) is 39.8 Å². The van der Waals surface area contributed by atoms with E-state index in [0.29, 0.717) is 43.5 Å². The average molecular weight is 435 g/mol. The van der Waals surface area contributed by atoms with E-state index in [-0.39, 0.29) is 17.5 Å². The Morgan fingerprint density at radius 3 is 2.77 bits per heavy atom. The lowest BCUT2D eigenvalue weighted by molar-refractivity contribution is -0.123. The van der Waals surface area contributed by atoms with E-state index in [4.69, 9.17) is 8.83 Å². The van der Waals surface area contributed by atoms with Crippen molar-refractivity contribution in [3.8, 4) is 17.7 Å². The van der Waals surface area contributed by atoms with Gasteiger partial charge in [0.2, 0.25) is 17.5 Å². The van der Waals surface area contributed by atoms with Crippen molar-refractivity contribution in [1.82, 2.24) is 4.98 Å². The summed E-state index contributed by atoms with van der Waals surface area (Å²) in [7, 11) is 0. The Morgan fingerprint density at radius 1 is 1.16 bits per heavy atom. The number of carbonyl (C=O) groups excluding carboxylic acids is 1. The van der Waals surface area contributed by atoms with E-state index in [9.17, 15) is 10.1 Å². The van der Waals surface area contributed by atoms with E-state index in [2.05, 4.69) is 17.1 Å². The molecule has 5 rings (SSSR count). The van der Waals surface area contributed by atoms with Crippen LogP contribution in [-0.2, 0) is 4.79 Å². The predicted molar refractivity (Wildman–Crippen MR) is 118 cm³/mol. The number of anilines is 2. The summed E-state index contributed by atoms with van der Waals surface area (Å²) in [6.45, 7) is 2.04. The molecule has 1 amide bonds. The zero-order valence-corrected chi connectivity index (χ0v) is 17.8. The molecule has 1 fully saturated rings. The molecule has 8 heteroatoms. The minimum Gasteiger partial charge on any atom is -0.459 e. The molecule has 1 saturated heterocycles. The van der Waals surface area contributed by atoms with E-state index < -0.39 is 0 Å². The second-order valence-corrected chi connectivity index (χ2v) is 8.82. The van der Waals surface area contributed by atoms with Gasteiger partial charge in [0, 0.05) is 30.4 Å². The molecule has 1 aromatic carbocycles. The Kier molecular flexibility index (Phi) is 5.43. The van der Waals surface area contributed by atoms with Gasteiger partial charge in [-0.2, -0.15) is 10.2 Å². The SMILES string of the molecule is N#Cc1nc(-c2ccco2)oc1N1CCC(C(=O)N2CCCSc3ccccc32)CC1. The van der Waals surface area contributed by atoms with Crippen LogP contribution < -0.4 is 9.80 Å². The molecule has 0 saturated carbocycles. The summed E-state index contributed by atoms with van der Waals surface area (Å²) in [5.41, 5.74) is 1.28. The van der Waals surface area contributed by atoms with Gasteiger partial charge < -0.3 is 18.6 Å². The van der Waals surface area contributed by atoms with Crippen molar-refractivity contribution in [3.05, 3.63) is 48.4 Å². The molecule has 7 nitrogen and oxygen atoms in total. The standard InChI is InChI=1S/C23H22N4O3S/c24-15-17-23(30-21(25-17)19-6-3-13-29-19)26-11-8-16(9-12-26)22(28)27-10-4-14-31-20-7-2-1-5-18(20)27/h1-3,5-7,13,16H,4,8-12,14H2. The van der Waals surface area contributed by atoms with Gasteiger partial charge >= 0.3 is 0 Å². The zero-order chi connectivity index (χ0) is 21.2. The van der Waals surface area contributed by atoms with E-state index in [1.54, 1.807) is 18.4 Å². The fraction of sp³-hybridized carbons (Fsp3) is 0.348. The number of hydrogen-bond acceptors (Lipinski definition) is 7. The molecule has 0 radical (unpaired) electrons. The van der Waals surface area contributed by atoms with Crippen molar-refractivity contribution in [1.29, 1.82) is 5.26 Å². The fourth-order valence-electron chi connectivity index (χ4n) is 4.21. The lowest BCUT2D eigenvalue weighted by Crippen LogP contribution is -2.43. The smallest absolute Gasteiger partial charge is 0.266 e. The molecule has 0 spiro atoms. The number of aromatic nitrogens is 1. The Labute approximate surface area is 184 Å². The van der Waals surface area contributed by atoms with Crippen LogP contribution in [0.2, 0.25) is 0 Å². The summed E-state index contributed by atoms with van der Waals surface area (Å²) >= 11 is 1.82. The predicted octanol–water partition coefficient (Wildman–Crippen LogP) is 4.55. The largest absolute Gasteiger partial charge is 0.459 e. The molecule has 0 bridgehead atoms. The van der Waals surface area contributed by atoms with Crippen LogP contribution in [0.4, 0.5) is 11.6 Å². The average Bonchev–Trinajstić information content (AvgIpc) is 3.45. The Balaban J connectivity index is 1.30. The highest BCUT2D eigenvalue weighted by Crippen LogP contribution is 2.36. The van der Waals surface area contributed by atoms with Crippen LogP contribution >= 0.6 is 11.8 Å². The molecule has 0 aliphatic carbocycles. The highest BCUT2D eigenvalue weighted by atomic mass is 32.2. The Bertz CT molecular complexity index is 1110. The van der Waals surface area contributed by atoms with Gasteiger partial charge in [-0.15, -0.1) is 11.8 Å². The van der Waals surface area contributed by atoms with Gasteiger partial charge in [0.25, 0.3) is 5.89 Å². The first-order valence-corrected chi connectivity index (χ1v) is 11.5. The first-order chi connectivity index (χ1) is 15.2. The molecule has 31 heavy (non-hydrogen) atoms. The lowest BCUT2D eigenvalue weighted by atomic mass is 9.95. The summed E-state index contributed by atoms with van der Waals surface area (Å²) in [4.78, 5) is 22.8. The van der Waals surface area contributed by atoms with Gasteiger partial charge in [-0.05, 0) is 49.3 Å². The number of rotatable bonds is 3. The summed E-state index contributed by atoms with van der Waals surface area (Å²) in [6, 6.07) is 13.8. The number of amides is 1. The van der Waals surface area contributed by atoms with Crippen LogP contribution in [0, 0.1) is 17.2 Å². The van der Waals surface area contributed by atoms with Crippen LogP contribution in [0.25, 0.3) is 11.7 Å². The molecule has 0 N–H and O–H groups in total. The summed E-state index contributed by atoms with van der Waals surface area (Å²) in [6.07, 6.45) is 3.96. The molecule has 4 heterocycles. The maximum absolute atomic E-state index is 13.4. The van der Waals surface area contributed by atoms with Gasteiger partial charge in [0.15, 0.2) is 5.76 Å². The number of piperidine rings is 1. The second kappa shape index (κ2) is 8.52. The number of thioether (sulfide) groups is 1. The number of hydrogen-bond donors (Lipinski definition) is 0. The number of nitrogens with zero attached hydrogens (tertiary/aromatic N) is 4. The number of nitriles is 1. The molecule has 3 aromatic rings. The van der Waals surface area contributed by atoms with Gasteiger partial charge in [-0.3, -0.25) is 4.79 Å². The van der Waals surface area contributed by atoms with Crippen LogP contribution in [0.1, 0.15) is 25.0 Å². The highest BCUT2D eigenvalue weighted by molar-refractivity contribution is 7.99. The molecule has 158 valence electrons. The first kappa shape index (κ1) is 19.8. The minimum atomic E-state index is -0.0367. The normalized spacial score (nSPS) is 17.1. The molecular weight excluding hydrogens is 412 g/mol. The minimum absolute atomic E-state index is 0.0367. The third-order valence-corrected chi connectivity index (χ3v) is 6.93. The molecule has 2 aliphatic heterocycles. The maximum Gasteiger partial charge on any atom is 0.266 e. The molecular formula is C23H22N4O3S.